The van der Waals surface area contributed by atoms with Crippen molar-refractivity contribution in [2.24, 2.45) is 0 Å². The first-order valence-corrected chi connectivity index (χ1v) is 12.5. The number of hydrogen-bond acceptors (Lipinski definition) is 4. The Bertz CT molecular complexity index is 662. The van der Waals surface area contributed by atoms with Crippen LogP contribution in [0.3, 0.4) is 0 Å². The van der Waals surface area contributed by atoms with Crippen molar-refractivity contribution in [1.82, 2.24) is 4.90 Å². The van der Waals surface area contributed by atoms with E-state index in [1.807, 2.05) is 0 Å². The van der Waals surface area contributed by atoms with E-state index < -0.39 is 10.8 Å². The molecule has 0 N–H and O–H groups in total. The second-order valence-electron chi connectivity index (χ2n) is 9.10. The van der Waals surface area contributed by atoms with Crippen molar-refractivity contribution in [3.8, 4) is 0 Å². The van der Waals surface area contributed by atoms with Crippen LogP contribution in [-0.4, -0.2) is 46.1 Å². The largest absolute Gasteiger partial charge is 0.461 e. The van der Waals surface area contributed by atoms with Crippen LogP contribution in [0, 0.1) is 0 Å². The Morgan fingerprint density at radius 1 is 1.10 bits per heavy atom. The van der Waals surface area contributed by atoms with Crippen LogP contribution >= 0.6 is 0 Å². The minimum absolute atomic E-state index is 0.0524. The maximum absolute atomic E-state index is 13.1. The highest BCUT2D eigenvalue weighted by atomic mass is 32.2. The lowest BCUT2D eigenvalue weighted by molar-refractivity contribution is -0.150. The molecule has 4 nitrogen and oxygen atoms in total. The molecule has 0 saturated heterocycles. The SMILES string of the molecule is CCN(CC)CCC(=O)O[C@@H]1CCCC[C@@H]1[S@](=O)Cc1ccc(C(C)(C)C)cc1. The molecule has 0 aromatic heterocycles. The van der Waals surface area contributed by atoms with Gasteiger partial charge in [0.15, 0.2) is 0 Å². The van der Waals surface area contributed by atoms with Crippen molar-refractivity contribution < 1.29 is 13.7 Å². The summed E-state index contributed by atoms with van der Waals surface area (Å²) in [5.41, 5.74) is 2.49. The summed E-state index contributed by atoms with van der Waals surface area (Å²) in [5, 5.41) is -0.0524. The molecule has 1 aliphatic carbocycles. The molecule has 0 amide bonds. The van der Waals surface area contributed by atoms with E-state index in [4.69, 9.17) is 4.74 Å². The summed E-state index contributed by atoms with van der Waals surface area (Å²) in [6.07, 6.45) is 4.01. The third-order valence-electron chi connectivity index (χ3n) is 5.92. The standard InChI is InChI=1S/C24H39NO3S/c1-6-25(7-2)17-16-23(26)28-21-10-8-9-11-22(21)29(27)18-19-12-14-20(15-13-19)24(3,4)5/h12-15,21-22H,6-11,16-18H2,1-5H3/t21-,22+,29-/m1/s1. The zero-order chi connectivity index (χ0) is 21.4. The third kappa shape index (κ3) is 7.53. The molecule has 0 heterocycles. The van der Waals surface area contributed by atoms with E-state index in [1.54, 1.807) is 0 Å². The van der Waals surface area contributed by atoms with Crippen LogP contribution in [0.1, 0.15) is 77.8 Å². The van der Waals surface area contributed by atoms with Gasteiger partial charge in [-0.25, -0.2) is 0 Å². The third-order valence-corrected chi connectivity index (χ3v) is 7.75. The molecule has 2 rings (SSSR count). The highest BCUT2D eigenvalue weighted by Gasteiger charge is 2.32. The summed E-state index contributed by atoms with van der Waals surface area (Å²) in [6.45, 7) is 13.4. The molecule has 0 aliphatic heterocycles. The summed E-state index contributed by atoms with van der Waals surface area (Å²) in [7, 11) is -1.04. The molecular weight excluding hydrogens is 382 g/mol. The average molecular weight is 422 g/mol. The lowest BCUT2D eigenvalue weighted by Gasteiger charge is -2.31. The number of esters is 1. The lowest BCUT2D eigenvalue weighted by atomic mass is 9.87. The van der Waals surface area contributed by atoms with Gasteiger partial charge in [-0.1, -0.05) is 65.3 Å². The first-order chi connectivity index (χ1) is 13.7. The lowest BCUT2D eigenvalue weighted by Crippen LogP contribution is -2.38. The number of nitrogens with zero attached hydrogens (tertiary/aromatic N) is 1. The Kier molecular flexibility index (Phi) is 9.35. The summed E-state index contributed by atoms with van der Waals surface area (Å²) in [5.74, 6) is 0.378. The van der Waals surface area contributed by atoms with Crippen LogP contribution in [0.5, 0.6) is 0 Å². The van der Waals surface area contributed by atoms with Crippen molar-refractivity contribution >= 4 is 16.8 Å². The van der Waals surface area contributed by atoms with Crippen LogP contribution in [0.2, 0.25) is 0 Å². The molecule has 3 atom stereocenters. The van der Waals surface area contributed by atoms with Gasteiger partial charge in [0, 0.05) is 23.1 Å². The molecule has 1 fully saturated rings. The van der Waals surface area contributed by atoms with Crippen molar-refractivity contribution in [2.45, 2.75) is 89.2 Å². The summed E-state index contributed by atoms with van der Waals surface area (Å²) >= 11 is 0. The first kappa shape index (κ1) is 24.1. The number of carbonyl (C=O) groups excluding carboxylic acids is 1. The molecule has 29 heavy (non-hydrogen) atoms. The van der Waals surface area contributed by atoms with E-state index in [0.717, 1.165) is 50.9 Å². The molecule has 0 bridgehead atoms. The highest BCUT2D eigenvalue weighted by Crippen LogP contribution is 2.28. The average Bonchev–Trinajstić information content (AvgIpc) is 2.69. The molecule has 1 aromatic rings. The predicted molar refractivity (Wildman–Crippen MR) is 122 cm³/mol. The minimum Gasteiger partial charge on any atom is -0.461 e. The fourth-order valence-electron chi connectivity index (χ4n) is 3.89. The second kappa shape index (κ2) is 11.3. The summed E-state index contributed by atoms with van der Waals surface area (Å²) < 4.78 is 18.9. The van der Waals surface area contributed by atoms with Gasteiger partial charge in [-0.05, 0) is 48.9 Å². The fraction of sp³-hybridized carbons (Fsp3) is 0.708. The number of rotatable bonds is 9. The first-order valence-electron chi connectivity index (χ1n) is 11.1. The van der Waals surface area contributed by atoms with Crippen LogP contribution in [0.25, 0.3) is 0 Å². The molecule has 0 spiro atoms. The zero-order valence-electron chi connectivity index (χ0n) is 18.9. The molecule has 1 aliphatic rings. The van der Waals surface area contributed by atoms with E-state index >= 15 is 0 Å². The fourth-order valence-corrected chi connectivity index (χ4v) is 5.58. The summed E-state index contributed by atoms with van der Waals surface area (Å²) in [4.78, 5) is 14.6. The van der Waals surface area contributed by atoms with Gasteiger partial charge in [-0.2, -0.15) is 0 Å². The molecule has 0 radical (unpaired) electrons. The number of benzene rings is 1. The van der Waals surface area contributed by atoms with Gasteiger partial charge < -0.3 is 9.64 Å². The van der Waals surface area contributed by atoms with Gasteiger partial charge in [0.2, 0.25) is 0 Å². The molecular formula is C24H39NO3S. The van der Waals surface area contributed by atoms with Gasteiger partial charge in [-0.15, -0.1) is 0 Å². The Hall–Kier alpha value is -1.20. The van der Waals surface area contributed by atoms with Gasteiger partial charge in [0.1, 0.15) is 6.10 Å². The predicted octanol–water partition coefficient (Wildman–Crippen LogP) is 4.82. The van der Waals surface area contributed by atoms with Crippen LogP contribution in [-0.2, 0) is 31.5 Å². The number of carbonyl (C=O) groups is 1. The monoisotopic (exact) mass is 421 g/mol. The Morgan fingerprint density at radius 2 is 1.72 bits per heavy atom. The van der Waals surface area contributed by atoms with Crippen molar-refractivity contribution in [3.63, 3.8) is 0 Å². The molecule has 164 valence electrons. The van der Waals surface area contributed by atoms with Crippen LogP contribution in [0.15, 0.2) is 24.3 Å². The molecule has 1 aromatic carbocycles. The van der Waals surface area contributed by atoms with Crippen LogP contribution in [0.4, 0.5) is 0 Å². The number of ether oxygens (including phenoxy) is 1. The molecule has 5 heteroatoms. The molecule has 0 unspecified atom stereocenters. The Morgan fingerprint density at radius 3 is 2.31 bits per heavy atom. The van der Waals surface area contributed by atoms with E-state index in [9.17, 15) is 9.00 Å². The second-order valence-corrected chi connectivity index (χ2v) is 10.8. The minimum atomic E-state index is -1.04. The number of hydrogen-bond donors (Lipinski definition) is 0. The maximum atomic E-state index is 13.1. The Labute approximate surface area is 179 Å². The van der Waals surface area contributed by atoms with Crippen molar-refractivity contribution in [3.05, 3.63) is 35.4 Å². The van der Waals surface area contributed by atoms with E-state index in [2.05, 4.69) is 63.8 Å². The summed E-state index contributed by atoms with van der Waals surface area (Å²) in [6, 6.07) is 8.45. The van der Waals surface area contributed by atoms with Crippen LogP contribution < -0.4 is 0 Å². The van der Waals surface area contributed by atoms with Gasteiger partial charge in [0.05, 0.1) is 11.7 Å². The van der Waals surface area contributed by atoms with E-state index in [-0.39, 0.29) is 22.7 Å². The van der Waals surface area contributed by atoms with Crippen molar-refractivity contribution in [1.29, 1.82) is 0 Å². The van der Waals surface area contributed by atoms with E-state index in [1.165, 1.54) is 5.56 Å². The van der Waals surface area contributed by atoms with Crippen molar-refractivity contribution in [2.75, 3.05) is 19.6 Å². The maximum Gasteiger partial charge on any atom is 0.307 e. The zero-order valence-corrected chi connectivity index (χ0v) is 19.7. The normalized spacial score (nSPS) is 21.2. The van der Waals surface area contributed by atoms with Gasteiger partial charge >= 0.3 is 5.97 Å². The highest BCUT2D eigenvalue weighted by molar-refractivity contribution is 7.84. The van der Waals surface area contributed by atoms with Gasteiger partial charge in [0.25, 0.3) is 0 Å². The topological polar surface area (TPSA) is 46.6 Å². The van der Waals surface area contributed by atoms with Gasteiger partial charge in [-0.3, -0.25) is 9.00 Å². The van der Waals surface area contributed by atoms with E-state index in [0.29, 0.717) is 12.2 Å². The Balaban J connectivity index is 1.94. The smallest absolute Gasteiger partial charge is 0.307 e. The molecule has 1 saturated carbocycles. The quantitative estimate of drug-likeness (QED) is 0.536.